The van der Waals surface area contributed by atoms with Crippen molar-refractivity contribution in [3.63, 3.8) is 0 Å². The van der Waals surface area contributed by atoms with Crippen LogP contribution in [0.4, 0.5) is 60.5 Å². The fourth-order valence-electron chi connectivity index (χ4n) is 20.7. The zero-order valence-corrected chi connectivity index (χ0v) is 81.5. The predicted octanol–water partition coefficient (Wildman–Crippen LogP) is 23.4. The summed E-state index contributed by atoms with van der Waals surface area (Å²) < 4.78 is 46.9. The standard InChI is InChI=1S/C29H36FN5.C27H33ClN4O.C27H33FN4O.C26H31ClN4O2/c1-3-13-33(2)27-18-23-25(19-24(27)30)31-28(21-9-10-21)32-29(23)35-16-11-20(12-17-35)22-7-4-5-8-26(22)34-14-6-15-34;2*1-4-13-31(2)24-16-21-23(17-22(24)28)29-26(19-9-10-19)30-27(21)32-14-11-18(12-15-32)20-7-5-6-8-25(20)33-3;1-30(13-14-32)23-15-20-22(16-21(23)27)28-25(18-7-8-18)29-26(20)31-11-9-17(10-12-31)19-5-3-4-6-24(19)33-2/h4-5,7-8,18-21H,3,6,9-17H2,1-2H3;2*5-8,16-19H,4,9-15H2,1-3H3;3-6,15-18,32H,7-14H2,1-2H3. The van der Waals surface area contributed by atoms with Crippen LogP contribution in [0.1, 0.15) is 242 Å². The molecular weight excluding hydrogens is 1720 g/mol. The summed E-state index contributed by atoms with van der Waals surface area (Å²) in [5, 5.41) is 14.9. The summed E-state index contributed by atoms with van der Waals surface area (Å²) in [4.78, 5) is 60.1. The van der Waals surface area contributed by atoms with E-state index in [1.807, 2.05) is 84.4 Å². The molecule has 9 fully saturated rings. The number of aromatic nitrogens is 8. The number of halogens is 4. The van der Waals surface area contributed by atoms with Crippen LogP contribution in [0.2, 0.25) is 10.0 Å². The van der Waals surface area contributed by atoms with E-state index < -0.39 is 0 Å². The van der Waals surface area contributed by atoms with Gasteiger partial charge in [-0.1, -0.05) is 117 Å². The van der Waals surface area contributed by atoms with Crippen molar-refractivity contribution in [2.45, 2.75) is 197 Å². The second kappa shape index (κ2) is 42.2. The van der Waals surface area contributed by atoms with Crippen LogP contribution in [-0.2, 0) is 0 Å². The van der Waals surface area contributed by atoms with Gasteiger partial charge in [-0.05, 0) is 235 Å². The van der Waals surface area contributed by atoms with E-state index >= 15 is 4.39 Å². The van der Waals surface area contributed by atoms with Gasteiger partial charge >= 0.3 is 0 Å². The second-order valence-corrected chi connectivity index (χ2v) is 39.4. The molecule has 0 radical (unpaired) electrons. The van der Waals surface area contributed by atoms with E-state index in [2.05, 4.69) is 142 Å². The van der Waals surface area contributed by atoms with E-state index in [0.717, 1.165) is 305 Å². The molecule has 4 saturated carbocycles. The highest BCUT2D eigenvalue weighted by Gasteiger charge is 2.38. The molecule has 8 aromatic carbocycles. The quantitative estimate of drug-likeness (QED) is 0.0489. The van der Waals surface area contributed by atoms with Gasteiger partial charge < -0.3 is 63.4 Å². The fourth-order valence-corrected chi connectivity index (χ4v) is 21.3. The van der Waals surface area contributed by atoms with Gasteiger partial charge in [0, 0.05) is 183 Å². The van der Waals surface area contributed by atoms with Crippen molar-refractivity contribution < 1.29 is 28.1 Å². The Bertz CT molecular complexity index is 5670. The number of fused-ring (bicyclic) bond motifs is 4. The number of piperidine rings is 4. The van der Waals surface area contributed by atoms with Crippen molar-refractivity contribution in [1.29, 1.82) is 0 Å². The van der Waals surface area contributed by atoms with Crippen molar-refractivity contribution in [2.75, 3.05) is 192 Å². The van der Waals surface area contributed by atoms with Gasteiger partial charge in [0.25, 0.3) is 0 Å². The number of rotatable bonds is 28. The van der Waals surface area contributed by atoms with Gasteiger partial charge in [-0.25, -0.2) is 48.7 Å². The van der Waals surface area contributed by atoms with Gasteiger partial charge in [0.15, 0.2) is 0 Å². The molecular formula is C109H133Cl2F2N17O4. The molecule has 1 N–H and O–H groups in total. The molecule has 21 rings (SSSR count). The van der Waals surface area contributed by atoms with Gasteiger partial charge in [0.05, 0.1) is 82.8 Å². The summed E-state index contributed by atoms with van der Waals surface area (Å²) in [6.07, 6.45) is 22.1. The predicted molar refractivity (Wildman–Crippen MR) is 546 cm³/mol. The number of nitrogens with zero attached hydrogens (tertiary/aromatic N) is 17. The van der Waals surface area contributed by atoms with Crippen LogP contribution in [-0.4, -0.2) is 193 Å². The number of aliphatic hydroxyl groups excluding tert-OH is 1. The number of aliphatic hydroxyl groups is 1. The first-order chi connectivity index (χ1) is 65.4. The highest BCUT2D eigenvalue weighted by molar-refractivity contribution is 6.34. The molecule has 0 bridgehead atoms. The summed E-state index contributed by atoms with van der Waals surface area (Å²) in [5.41, 5.74) is 13.4. The Kier molecular flexibility index (Phi) is 29.4. The first-order valence-corrected chi connectivity index (χ1v) is 50.4. The van der Waals surface area contributed by atoms with Crippen LogP contribution >= 0.6 is 23.2 Å². The minimum atomic E-state index is -0.209. The Labute approximate surface area is 800 Å². The maximum atomic E-state index is 15.1. The van der Waals surface area contributed by atoms with Crippen LogP contribution in [0.5, 0.6) is 17.2 Å². The SMILES string of the molecule is CCCN(C)c1cc2c(N3CCC(c4ccccc4N4CCC4)CC3)nc(C3CC3)nc2cc1F.CCCN(C)c1cc2c(N3CCC(c4ccccc4OC)CC3)nc(C3CC3)nc2cc1Cl.CCCN(C)c1cc2c(N3CCC(c4ccccc4OC)CC3)nc(C3CC3)nc2cc1F.COc1ccccc1C1CCN(c2nc(C3CC3)nc3cc(Cl)c(N(C)CCO)cc23)CC1. The maximum Gasteiger partial charge on any atom is 0.148 e. The minimum absolute atomic E-state index is 0.0747. The first-order valence-electron chi connectivity index (χ1n) is 49.6. The minimum Gasteiger partial charge on any atom is -0.496 e. The normalized spacial score (nSPS) is 17.4. The number of benzene rings is 8. The molecule has 0 spiro atoms. The highest BCUT2D eigenvalue weighted by Crippen LogP contribution is 2.50. The molecule has 4 aliphatic carbocycles. The molecule has 0 amide bonds. The molecule has 5 aliphatic heterocycles. The number of methoxy groups -OCH3 is 3. The lowest BCUT2D eigenvalue weighted by molar-refractivity contribution is 0.304. The van der Waals surface area contributed by atoms with Gasteiger partial charge in [-0.3, -0.25) is 0 Å². The average Bonchev–Trinajstić information content (AvgIpc) is 1.22. The molecule has 9 aliphatic rings. The van der Waals surface area contributed by atoms with Crippen LogP contribution in [0, 0.1) is 11.6 Å². The van der Waals surface area contributed by atoms with E-state index in [4.69, 9.17) is 77.3 Å². The number of hydrogen-bond donors (Lipinski definition) is 1. The Morgan fingerprint density at radius 3 is 0.873 bits per heavy atom. The van der Waals surface area contributed by atoms with Crippen molar-refractivity contribution in [3.8, 4) is 17.2 Å². The van der Waals surface area contributed by atoms with E-state index in [9.17, 15) is 9.50 Å². The molecule has 5 saturated heterocycles. The molecule has 25 heteroatoms. The van der Waals surface area contributed by atoms with E-state index in [1.165, 1.54) is 60.3 Å². The first kappa shape index (κ1) is 93.5. The molecule has 4 aromatic heterocycles. The third-order valence-electron chi connectivity index (χ3n) is 29.1. The van der Waals surface area contributed by atoms with Crippen LogP contribution < -0.4 is 58.3 Å². The summed E-state index contributed by atoms with van der Waals surface area (Å²) in [6, 6.07) is 49.6. The maximum absolute atomic E-state index is 15.1. The highest BCUT2D eigenvalue weighted by atomic mass is 35.5. The van der Waals surface area contributed by atoms with Gasteiger partial charge in [0.1, 0.15) is 75.5 Å². The van der Waals surface area contributed by atoms with Gasteiger partial charge in [-0.2, -0.15) is 0 Å². The monoisotopic (exact) mass is 1850 g/mol. The average molecular weight is 1850 g/mol. The van der Waals surface area contributed by atoms with Crippen LogP contribution in [0.25, 0.3) is 43.6 Å². The lowest BCUT2D eigenvalue weighted by atomic mass is 9.87. The number of hydrogen-bond acceptors (Lipinski definition) is 21. The lowest BCUT2D eigenvalue weighted by Gasteiger charge is -2.39. The molecule has 706 valence electrons. The molecule has 0 atom stereocenters. The Hall–Kier alpha value is -10.9. The summed E-state index contributed by atoms with van der Waals surface area (Å²) in [6.45, 7) is 19.5. The third kappa shape index (κ3) is 20.9. The van der Waals surface area contributed by atoms with Crippen molar-refractivity contribution in [1.82, 2.24) is 39.9 Å². The fraction of sp³-hybridized carbons (Fsp3) is 0.486. The second-order valence-electron chi connectivity index (χ2n) is 38.6. The smallest absolute Gasteiger partial charge is 0.148 e. The molecule has 134 heavy (non-hydrogen) atoms. The van der Waals surface area contributed by atoms with E-state index in [1.54, 1.807) is 33.5 Å². The summed E-state index contributed by atoms with van der Waals surface area (Å²) in [5.74, 6) is 14.1. The van der Waals surface area contributed by atoms with Gasteiger partial charge in [-0.15, -0.1) is 0 Å². The number of para-hydroxylation sites is 4. The zero-order chi connectivity index (χ0) is 92.8. The van der Waals surface area contributed by atoms with Crippen molar-refractivity contribution >= 4 is 119 Å². The Morgan fingerprint density at radius 1 is 0.321 bits per heavy atom. The Morgan fingerprint density at radius 2 is 0.590 bits per heavy atom. The summed E-state index contributed by atoms with van der Waals surface area (Å²) in [7, 11) is 13.2. The lowest BCUT2D eigenvalue weighted by Crippen LogP contribution is -2.39. The molecule has 12 aromatic rings. The van der Waals surface area contributed by atoms with E-state index in [0.29, 0.717) is 70.3 Å². The topological polar surface area (TPSA) is 180 Å². The molecule has 21 nitrogen and oxygen atoms in total. The Balaban J connectivity index is 0.000000119. The third-order valence-corrected chi connectivity index (χ3v) is 29.7. The number of ether oxygens (including phenoxy) is 3. The van der Waals surface area contributed by atoms with Gasteiger partial charge in [0.2, 0.25) is 0 Å². The van der Waals surface area contributed by atoms with E-state index in [-0.39, 0.29) is 18.2 Å². The van der Waals surface area contributed by atoms with Crippen LogP contribution in [0.15, 0.2) is 146 Å². The van der Waals surface area contributed by atoms with Crippen LogP contribution in [0.3, 0.4) is 0 Å². The molecule has 9 heterocycles. The number of likely N-dealkylation sites (N-methyl/N-ethyl adjacent to an activating group) is 1. The molecule has 0 unspecified atom stereocenters. The zero-order valence-electron chi connectivity index (χ0n) is 80.0. The van der Waals surface area contributed by atoms with Crippen molar-refractivity contribution in [3.05, 3.63) is 213 Å². The largest absolute Gasteiger partial charge is 0.496 e. The summed E-state index contributed by atoms with van der Waals surface area (Å²) >= 11 is 13.3. The van der Waals surface area contributed by atoms with Crippen molar-refractivity contribution in [2.24, 2.45) is 0 Å². The number of anilines is 9.